The highest BCUT2D eigenvalue weighted by Crippen LogP contribution is 2.34. The number of rotatable bonds is 5. The second-order valence-electron chi connectivity index (χ2n) is 7.75. The van der Waals surface area contributed by atoms with E-state index in [-0.39, 0.29) is 17.0 Å². The molecule has 1 amide bonds. The van der Waals surface area contributed by atoms with E-state index in [2.05, 4.69) is 4.98 Å². The highest BCUT2D eigenvalue weighted by molar-refractivity contribution is 7.99. The Morgan fingerprint density at radius 3 is 2.62 bits per heavy atom. The Hall–Kier alpha value is -1.97. The number of ether oxygens (including phenoxy) is 1. The number of nitrogens with zero attached hydrogens (tertiary/aromatic N) is 3. The van der Waals surface area contributed by atoms with Crippen LogP contribution in [0.5, 0.6) is 0 Å². The number of pyridine rings is 1. The largest absolute Gasteiger partial charge is 0.417 e. The Bertz CT molecular complexity index is 962. The zero-order valence-corrected chi connectivity index (χ0v) is 18.8. The summed E-state index contributed by atoms with van der Waals surface area (Å²) in [5.74, 6) is 1.07. The lowest BCUT2D eigenvalue weighted by molar-refractivity contribution is -0.137. The van der Waals surface area contributed by atoms with Gasteiger partial charge in [-0.2, -0.15) is 13.2 Å². The van der Waals surface area contributed by atoms with Crippen molar-refractivity contribution in [1.82, 2.24) is 9.88 Å². The maximum absolute atomic E-state index is 13.2. The van der Waals surface area contributed by atoms with Gasteiger partial charge in [0.05, 0.1) is 22.3 Å². The Morgan fingerprint density at radius 1 is 1.22 bits per heavy atom. The molecule has 2 saturated heterocycles. The summed E-state index contributed by atoms with van der Waals surface area (Å²) in [5, 5.41) is -0.0459. The fourth-order valence-corrected chi connectivity index (χ4v) is 5.24. The van der Waals surface area contributed by atoms with E-state index in [0.29, 0.717) is 37.6 Å². The van der Waals surface area contributed by atoms with Crippen molar-refractivity contribution in [2.45, 2.75) is 30.0 Å². The van der Waals surface area contributed by atoms with Gasteiger partial charge in [0.25, 0.3) is 5.91 Å². The summed E-state index contributed by atoms with van der Waals surface area (Å²) in [6.07, 6.45) is -1.34. The molecule has 2 fully saturated rings. The molecular formula is C22H23ClF3N3O2S. The average molecular weight is 486 g/mol. The minimum atomic E-state index is -4.49. The third-order valence-electron chi connectivity index (χ3n) is 5.58. The summed E-state index contributed by atoms with van der Waals surface area (Å²) in [6.45, 7) is 2.54. The van der Waals surface area contributed by atoms with Crippen LogP contribution in [0.3, 0.4) is 0 Å². The zero-order chi connectivity index (χ0) is 22.7. The molecule has 5 nitrogen and oxygen atoms in total. The van der Waals surface area contributed by atoms with Gasteiger partial charge in [0.1, 0.15) is 5.82 Å². The number of aromatic nitrogens is 1. The van der Waals surface area contributed by atoms with E-state index in [1.807, 2.05) is 29.2 Å². The summed E-state index contributed by atoms with van der Waals surface area (Å²) >= 11 is 7.71. The fourth-order valence-electron chi connectivity index (χ4n) is 3.84. The monoisotopic (exact) mass is 485 g/mol. The van der Waals surface area contributed by atoms with Crippen molar-refractivity contribution in [3.63, 3.8) is 0 Å². The van der Waals surface area contributed by atoms with Crippen LogP contribution in [0.2, 0.25) is 5.02 Å². The molecule has 32 heavy (non-hydrogen) atoms. The maximum Gasteiger partial charge on any atom is 0.417 e. The predicted octanol–water partition coefficient (Wildman–Crippen LogP) is 4.99. The van der Waals surface area contributed by atoms with E-state index in [0.717, 1.165) is 42.4 Å². The van der Waals surface area contributed by atoms with Crippen molar-refractivity contribution < 1.29 is 22.7 Å². The quantitative estimate of drug-likeness (QED) is 0.558. The van der Waals surface area contributed by atoms with Crippen LogP contribution < -0.4 is 4.90 Å². The minimum Gasteiger partial charge on any atom is -0.377 e. The SMILES string of the molecule is O=C(c1ccccc1SCC1CCCO1)N1CCN(c2ncc(C(F)(F)F)cc2Cl)CC1. The standard InChI is InChI=1S/C22H23ClF3N3O2S/c23-18-12-15(22(24,25)26)13-27-20(18)28-7-9-29(10-8-28)21(30)17-5-1-2-6-19(17)32-14-16-4-3-11-31-16/h1-2,5-6,12-13,16H,3-4,7-11,14H2. The lowest BCUT2D eigenvalue weighted by Gasteiger charge is -2.36. The molecule has 0 bridgehead atoms. The van der Waals surface area contributed by atoms with E-state index >= 15 is 0 Å². The van der Waals surface area contributed by atoms with Crippen molar-refractivity contribution in [3.8, 4) is 0 Å². The molecule has 172 valence electrons. The van der Waals surface area contributed by atoms with Crippen molar-refractivity contribution in [2.24, 2.45) is 0 Å². The lowest BCUT2D eigenvalue weighted by Crippen LogP contribution is -2.49. The summed E-state index contributed by atoms with van der Waals surface area (Å²) in [6, 6.07) is 8.45. The second-order valence-corrected chi connectivity index (χ2v) is 9.22. The number of benzene rings is 1. The number of alkyl halides is 3. The van der Waals surface area contributed by atoms with E-state index < -0.39 is 11.7 Å². The van der Waals surface area contributed by atoms with Crippen molar-refractivity contribution in [1.29, 1.82) is 0 Å². The number of carbonyl (C=O) groups excluding carboxylic acids is 1. The molecule has 2 aromatic rings. The van der Waals surface area contributed by atoms with Gasteiger partial charge in [-0.1, -0.05) is 23.7 Å². The van der Waals surface area contributed by atoms with Gasteiger partial charge in [-0.15, -0.1) is 11.8 Å². The minimum absolute atomic E-state index is 0.0459. The second kappa shape index (κ2) is 9.89. The van der Waals surface area contributed by atoms with Crippen LogP contribution in [-0.4, -0.2) is 60.4 Å². The molecule has 0 aliphatic carbocycles. The number of anilines is 1. The molecule has 0 N–H and O–H groups in total. The number of thioether (sulfide) groups is 1. The first-order chi connectivity index (χ1) is 15.3. The van der Waals surface area contributed by atoms with Gasteiger partial charge in [0.2, 0.25) is 0 Å². The summed E-state index contributed by atoms with van der Waals surface area (Å²) in [7, 11) is 0. The Balaban J connectivity index is 1.39. The summed E-state index contributed by atoms with van der Waals surface area (Å²) < 4.78 is 44.2. The van der Waals surface area contributed by atoms with Crippen LogP contribution in [0.25, 0.3) is 0 Å². The van der Waals surface area contributed by atoms with Crippen molar-refractivity contribution >= 4 is 35.1 Å². The molecule has 3 heterocycles. The van der Waals surface area contributed by atoms with Crippen LogP contribution in [0.4, 0.5) is 19.0 Å². The molecule has 1 aromatic carbocycles. The van der Waals surface area contributed by atoms with Gasteiger partial charge in [-0.05, 0) is 31.0 Å². The Kier molecular flexibility index (Phi) is 7.17. The lowest BCUT2D eigenvalue weighted by atomic mass is 10.1. The first kappa shape index (κ1) is 23.2. The van der Waals surface area contributed by atoms with E-state index in [4.69, 9.17) is 16.3 Å². The third kappa shape index (κ3) is 5.32. The van der Waals surface area contributed by atoms with E-state index in [1.54, 1.807) is 16.7 Å². The number of hydrogen-bond acceptors (Lipinski definition) is 5. The Morgan fingerprint density at radius 2 is 1.97 bits per heavy atom. The van der Waals surface area contributed by atoms with Gasteiger partial charge in [-0.25, -0.2) is 4.98 Å². The molecule has 2 aliphatic rings. The molecule has 4 rings (SSSR count). The number of halogens is 4. The highest BCUT2D eigenvalue weighted by atomic mass is 35.5. The number of hydrogen-bond donors (Lipinski definition) is 0. The topological polar surface area (TPSA) is 45.7 Å². The van der Waals surface area contributed by atoms with Gasteiger partial charge in [0.15, 0.2) is 0 Å². The van der Waals surface area contributed by atoms with E-state index in [9.17, 15) is 18.0 Å². The maximum atomic E-state index is 13.2. The molecule has 1 atom stereocenters. The first-order valence-electron chi connectivity index (χ1n) is 10.4. The molecular weight excluding hydrogens is 463 g/mol. The smallest absolute Gasteiger partial charge is 0.377 e. The molecule has 0 radical (unpaired) electrons. The predicted molar refractivity (Wildman–Crippen MR) is 119 cm³/mol. The number of amides is 1. The summed E-state index contributed by atoms with van der Waals surface area (Å²) in [5.41, 5.74) is -0.216. The fraction of sp³-hybridized carbons (Fsp3) is 0.455. The van der Waals surface area contributed by atoms with Crippen molar-refractivity contribution in [3.05, 3.63) is 52.7 Å². The van der Waals surface area contributed by atoms with Crippen LogP contribution in [0.15, 0.2) is 41.4 Å². The number of piperazine rings is 1. The highest BCUT2D eigenvalue weighted by Gasteiger charge is 2.32. The molecule has 2 aliphatic heterocycles. The first-order valence-corrected chi connectivity index (χ1v) is 11.8. The van der Waals surface area contributed by atoms with Gasteiger partial charge >= 0.3 is 6.18 Å². The van der Waals surface area contributed by atoms with Gasteiger partial charge < -0.3 is 14.5 Å². The van der Waals surface area contributed by atoms with Crippen LogP contribution in [0.1, 0.15) is 28.8 Å². The zero-order valence-electron chi connectivity index (χ0n) is 17.3. The van der Waals surface area contributed by atoms with Crippen molar-refractivity contribution in [2.75, 3.05) is 43.4 Å². The van der Waals surface area contributed by atoms with Crippen LogP contribution in [0, 0.1) is 0 Å². The molecule has 10 heteroatoms. The Labute approximate surface area is 193 Å². The normalized spacial score (nSPS) is 19.4. The molecule has 0 saturated carbocycles. The average Bonchev–Trinajstić information content (AvgIpc) is 3.31. The van der Waals surface area contributed by atoms with Gasteiger partial charge in [-0.3, -0.25) is 4.79 Å². The number of carbonyl (C=O) groups is 1. The molecule has 0 spiro atoms. The third-order valence-corrected chi connectivity index (χ3v) is 7.07. The summed E-state index contributed by atoms with van der Waals surface area (Å²) in [4.78, 5) is 21.6. The van der Waals surface area contributed by atoms with Crippen LogP contribution >= 0.6 is 23.4 Å². The van der Waals surface area contributed by atoms with E-state index in [1.165, 1.54) is 0 Å². The van der Waals surface area contributed by atoms with Gasteiger partial charge in [0, 0.05) is 49.6 Å². The van der Waals surface area contributed by atoms with Crippen LogP contribution in [-0.2, 0) is 10.9 Å². The molecule has 1 unspecified atom stereocenters. The molecule has 1 aromatic heterocycles.